The van der Waals surface area contributed by atoms with E-state index in [-0.39, 0.29) is 5.78 Å². The zero-order valence-electron chi connectivity index (χ0n) is 13.8. The third-order valence-electron chi connectivity index (χ3n) is 4.80. The first-order chi connectivity index (χ1) is 10.7. The number of nitrogens with zero attached hydrogens (tertiary/aromatic N) is 1. The van der Waals surface area contributed by atoms with E-state index in [2.05, 4.69) is 18.4 Å². The average molecular weight is 301 g/mol. The summed E-state index contributed by atoms with van der Waals surface area (Å²) in [7, 11) is 1.64. The number of hydrogen-bond acceptors (Lipinski definition) is 3. The Labute approximate surface area is 134 Å². The van der Waals surface area contributed by atoms with Gasteiger partial charge in [-0.3, -0.25) is 9.69 Å². The minimum absolute atomic E-state index is 0.208. The van der Waals surface area contributed by atoms with Crippen LogP contribution < -0.4 is 4.74 Å². The molecule has 1 unspecified atom stereocenters. The van der Waals surface area contributed by atoms with E-state index in [4.69, 9.17) is 4.74 Å². The molecule has 120 valence electrons. The van der Waals surface area contributed by atoms with Gasteiger partial charge in [-0.25, -0.2) is 0 Å². The highest BCUT2D eigenvalue weighted by molar-refractivity contribution is 6.03. The predicted molar refractivity (Wildman–Crippen MR) is 90.6 cm³/mol. The Hall–Kier alpha value is -1.61. The van der Waals surface area contributed by atoms with Crippen LogP contribution >= 0.6 is 0 Å². The van der Waals surface area contributed by atoms with Crippen LogP contribution in [0.25, 0.3) is 0 Å². The van der Waals surface area contributed by atoms with Crippen LogP contribution in [-0.4, -0.2) is 36.4 Å². The van der Waals surface area contributed by atoms with Crippen molar-refractivity contribution < 1.29 is 9.53 Å². The topological polar surface area (TPSA) is 29.5 Å². The molecule has 0 bridgehead atoms. The summed E-state index contributed by atoms with van der Waals surface area (Å²) in [6.45, 7) is 8.01. The van der Waals surface area contributed by atoms with Gasteiger partial charge in [-0.05, 0) is 63.0 Å². The SMILES string of the molecule is C=CCC(CC)(C(=O)c1ccc(OC)cc1)N1CCCCC1. The number of ether oxygens (including phenoxy) is 1. The molecule has 1 aromatic carbocycles. The molecule has 1 fully saturated rings. The van der Waals surface area contributed by atoms with E-state index < -0.39 is 5.54 Å². The number of Topliss-reactive ketones (excluding diaryl/α,β-unsaturated/α-hetero) is 1. The summed E-state index contributed by atoms with van der Waals surface area (Å²) >= 11 is 0. The van der Waals surface area contributed by atoms with Gasteiger partial charge in [0.05, 0.1) is 12.6 Å². The standard InChI is InChI=1S/C19H27NO2/c1-4-13-19(5-2,20-14-7-6-8-15-20)18(21)16-9-11-17(22-3)12-10-16/h4,9-12H,1,5-8,13-15H2,2-3H3. The van der Waals surface area contributed by atoms with Gasteiger partial charge in [0, 0.05) is 5.56 Å². The normalized spacial score (nSPS) is 18.5. The second-order valence-corrected chi connectivity index (χ2v) is 5.98. The number of methoxy groups -OCH3 is 1. The number of rotatable bonds is 7. The number of likely N-dealkylation sites (tertiary alicyclic amines) is 1. The molecule has 1 aromatic rings. The summed E-state index contributed by atoms with van der Waals surface area (Å²) in [5, 5.41) is 0. The van der Waals surface area contributed by atoms with Crippen molar-refractivity contribution >= 4 is 5.78 Å². The fourth-order valence-electron chi connectivity index (χ4n) is 3.47. The minimum atomic E-state index is -0.448. The van der Waals surface area contributed by atoms with Gasteiger partial charge in [0.25, 0.3) is 0 Å². The Kier molecular flexibility index (Phi) is 5.78. The minimum Gasteiger partial charge on any atom is -0.497 e. The Bertz CT molecular complexity index is 503. The highest BCUT2D eigenvalue weighted by atomic mass is 16.5. The first-order valence-electron chi connectivity index (χ1n) is 8.22. The molecule has 1 aliphatic heterocycles. The Balaban J connectivity index is 2.33. The van der Waals surface area contributed by atoms with Crippen molar-refractivity contribution in [2.75, 3.05) is 20.2 Å². The van der Waals surface area contributed by atoms with E-state index in [0.717, 1.165) is 30.8 Å². The molecule has 22 heavy (non-hydrogen) atoms. The molecule has 3 heteroatoms. The molecule has 0 radical (unpaired) electrons. The van der Waals surface area contributed by atoms with Crippen molar-refractivity contribution in [2.24, 2.45) is 0 Å². The monoisotopic (exact) mass is 301 g/mol. The van der Waals surface area contributed by atoms with E-state index in [1.54, 1.807) is 7.11 Å². The van der Waals surface area contributed by atoms with Gasteiger partial charge in [0.2, 0.25) is 0 Å². The second kappa shape index (κ2) is 7.59. The Morgan fingerprint density at radius 3 is 2.41 bits per heavy atom. The third-order valence-corrected chi connectivity index (χ3v) is 4.80. The molecule has 2 rings (SSSR count). The first kappa shape index (κ1) is 16.8. The second-order valence-electron chi connectivity index (χ2n) is 5.98. The molecular weight excluding hydrogens is 274 g/mol. The number of hydrogen-bond donors (Lipinski definition) is 0. The Morgan fingerprint density at radius 1 is 1.27 bits per heavy atom. The fourth-order valence-corrected chi connectivity index (χ4v) is 3.47. The maximum absolute atomic E-state index is 13.3. The predicted octanol–water partition coefficient (Wildman–Crippen LogP) is 4.09. The molecule has 1 atom stereocenters. The van der Waals surface area contributed by atoms with Crippen LogP contribution in [0.2, 0.25) is 0 Å². The number of ketones is 1. The van der Waals surface area contributed by atoms with Crippen LogP contribution in [0.1, 0.15) is 49.4 Å². The van der Waals surface area contributed by atoms with Crippen molar-refractivity contribution in [3.8, 4) is 5.75 Å². The molecule has 0 aromatic heterocycles. The molecule has 1 aliphatic rings. The summed E-state index contributed by atoms with van der Waals surface area (Å²) in [5.41, 5.74) is 0.312. The van der Waals surface area contributed by atoms with Crippen molar-refractivity contribution in [3.05, 3.63) is 42.5 Å². The lowest BCUT2D eigenvalue weighted by Gasteiger charge is -2.44. The van der Waals surface area contributed by atoms with Crippen LogP contribution in [-0.2, 0) is 0 Å². The lowest BCUT2D eigenvalue weighted by atomic mass is 9.81. The lowest BCUT2D eigenvalue weighted by Crippen LogP contribution is -2.55. The van der Waals surface area contributed by atoms with E-state index in [1.807, 2.05) is 30.3 Å². The van der Waals surface area contributed by atoms with E-state index in [1.165, 1.54) is 19.3 Å². The van der Waals surface area contributed by atoms with Crippen LogP contribution in [0.5, 0.6) is 5.75 Å². The zero-order chi connectivity index (χ0) is 16.0. The average Bonchev–Trinajstić information content (AvgIpc) is 2.60. The van der Waals surface area contributed by atoms with Gasteiger partial charge >= 0.3 is 0 Å². The molecule has 0 saturated carbocycles. The maximum atomic E-state index is 13.3. The summed E-state index contributed by atoms with van der Waals surface area (Å²) < 4.78 is 5.19. The van der Waals surface area contributed by atoms with Crippen LogP contribution in [0.15, 0.2) is 36.9 Å². The van der Waals surface area contributed by atoms with Crippen LogP contribution in [0.4, 0.5) is 0 Å². The van der Waals surface area contributed by atoms with Crippen LogP contribution in [0.3, 0.4) is 0 Å². The van der Waals surface area contributed by atoms with Gasteiger partial charge in [-0.15, -0.1) is 6.58 Å². The van der Waals surface area contributed by atoms with Gasteiger partial charge in [-0.2, -0.15) is 0 Å². The number of carbonyl (C=O) groups is 1. The maximum Gasteiger partial charge on any atom is 0.183 e. The summed E-state index contributed by atoms with van der Waals surface area (Å²) in [5.74, 6) is 0.986. The van der Waals surface area contributed by atoms with E-state index in [9.17, 15) is 4.79 Å². The first-order valence-corrected chi connectivity index (χ1v) is 8.22. The Morgan fingerprint density at radius 2 is 1.91 bits per heavy atom. The van der Waals surface area contributed by atoms with Gasteiger partial charge in [0.1, 0.15) is 5.75 Å². The highest BCUT2D eigenvalue weighted by Gasteiger charge is 2.41. The summed E-state index contributed by atoms with van der Waals surface area (Å²) in [6, 6.07) is 7.47. The van der Waals surface area contributed by atoms with Crippen molar-refractivity contribution in [1.29, 1.82) is 0 Å². The molecule has 0 N–H and O–H groups in total. The molecule has 3 nitrogen and oxygen atoms in total. The molecule has 0 aliphatic carbocycles. The zero-order valence-corrected chi connectivity index (χ0v) is 13.8. The van der Waals surface area contributed by atoms with Crippen molar-refractivity contribution in [3.63, 3.8) is 0 Å². The van der Waals surface area contributed by atoms with Crippen LogP contribution in [0, 0.1) is 0 Å². The van der Waals surface area contributed by atoms with Gasteiger partial charge in [-0.1, -0.05) is 19.4 Å². The van der Waals surface area contributed by atoms with Gasteiger partial charge < -0.3 is 4.74 Å². The fraction of sp³-hybridized carbons (Fsp3) is 0.526. The number of benzene rings is 1. The van der Waals surface area contributed by atoms with Crippen molar-refractivity contribution in [1.82, 2.24) is 4.90 Å². The smallest absolute Gasteiger partial charge is 0.183 e. The third kappa shape index (κ3) is 3.25. The highest BCUT2D eigenvalue weighted by Crippen LogP contribution is 2.32. The molecule has 0 amide bonds. The number of piperidine rings is 1. The number of carbonyl (C=O) groups excluding carboxylic acids is 1. The lowest BCUT2D eigenvalue weighted by molar-refractivity contribution is 0.0446. The summed E-state index contributed by atoms with van der Waals surface area (Å²) in [6.07, 6.45) is 7.02. The van der Waals surface area contributed by atoms with E-state index >= 15 is 0 Å². The molecular formula is C19H27NO2. The van der Waals surface area contributed by atoms with E-state index in [0.29, 0.717) is 6.42 Å². The molecule has 1 heterocycles. The summed E-state index contributed by atoms with van der Waals surface area (Å²) in [4.78, 5) is 15.6. The van der Waals surface area contributed by atoms with Crippen molar-refractivity contribution in [2.45, 2.75) is 44.6 Å². The molecule has 0 spiro atoms. The quantitative estimate of drug-likeness (QED) is 0.561. The van der Waals surface area contributed by atoms with Gasteiger partial charge in [0.15, 0.2) is 5.78 Å². The molecule has 1 saturated heterocycles. The largest absolute Gasteiger partial charge is 0.497 e.